The van der Waals surface area contributed by atoms with Crippen LogP contribution in [0.25, 0.3) is 0 Å². The number of anilines is 4. The second kappa shape index (κ2) is 23.4. The Labute approximate surface area is 377 Å². The summed E-state index contributed by atoms with van der Waals surface area (Å²) in [5.74, 6) is -0.524. The number of benzene rings is 4. The van der Waals surface area contributed by atoms with Crippen molar-refractivity contribution in [2.75, 3.05) is 101 Å². The van der Waals surface area contributed by atoms with E-state index in [0.29, 0.717) is 65.1 Å². The van der Waals surface area contributed by atoms with Gasteiger partial charge in [0.25, 0.3) is 0 Å². The summed E-state index contributed by atoms with van der Waals surface area (Å²) >= 11 is 15.6. The molecular weight excluding hydrogens is 852 g/mol. The number of rotatable bonds is 18. The van der Waals surface area contributed by atoms with Crippen molar-refractivity contribution in [2.45, 2.75) is 51.7 Å². The molecule has 4 amide bonds. The Hall–Kier alpha value is -4.12. The van der Waals surface area contributed by atoms with Crippen molar-refractivity contribution in [1.29, 1.82) is 0 Å². The van der Waals surface area contributed by atoms with E-state index in [0.717, 1.165) is 71.9 Å². The predicted octanol–water partition coefficient (Wildman–Crippen LogP) is 8.20. The third-order valence-corrected chi connectivity index (χ3v) is 13.0. The Morgan fingerprint density at radius 3 is 1.31 bits per heavy atom. The summed E-state index contributed by atoms with van der Waals surface area (Å²) in [6, 6.07) is 25.8. The Morgan fingerprint density at radius 1 is 0.508 bits per heavy atom. The molecular formula is C45H54Cl2N8O4S2. The van der Waals surface area contributed by atoms with Gasteiger partial charge in [-0.1, -0.05) is 58.9 Å². The van der Waals surface area contributed by atoms with Crippen LogP contribution < -0.4 is 21.3 Å². The van der Waals surface area contributed by atoms with Gasteiger partial charge in [-0.25, -0.2) is 0 Å². The quantitative estimate of drug-likeness (QED) is 0.0776. The van der Waals surface area contributed by atoms with Crippen molar-refractivity contribution in [3.8, 4) is 0 Å². The van der Waals surface area contributed by atoms with Crippen LogP contribution in [-0.2, 0) is 19.2 Å². The summed E-state index contributed by atoms with van der Waals surface area (Å²) in [5, 5.41) is 13.0. The molecule has 0 aliphatic carbocycles. The molecule has 4 aromatic carbocycles. The van der Waals surface area contributed by atoms with Crippen molar-refractivity contribution in [3.05, 3.63) is 95.0 Å². The van der Waals surface area contributed by atoms with Gasteiger partial charge in [0.05, 0.1) is 11.4 Å². The summed E-state index contributed by atoms with van der Waals surface area (Å²) < 4.78 is 0. The second-order valence-electron chi connectivity index (χ2n) is 15.4. The van der Waals surface area contributed by atoms with E-state index in [-0.39, 0.29) is 36.5 Å². The monoisotopic (exact) mass is 904 g/mol. The number of hydrogen-bond acceptors (Lipinski definition) is 10. The Kier molecular flexibility index (Phi) is 17.8. The van der Waals surface area contributed by atoms with Gasteiger partial charge in [-0.15, -0.1) is 0 Å². The first-order valence-electron chi connectivity index (χ1n) is 20.6. The first-order valence-corrected chi connectivity index (χ1v) is 23.0. The maximum atomic E-state index is 12.9. The first-order chi connectivity index (χ1) is 29.4. The van der Waals surface area contributed by atoms with Crippen molar-refractivity contribution in [2.24, 2.45) is 0 Å². The van der Waals surface area contributed by atoms with Crippen LogP contribution in [0.5, 0.6) is 0 Å². The lowest BCUT2D eigenvalue weighted by molar-refractivity contribution is -0.118. The molecule has 2 fully saturated rings. The summed E-state index contributed by atoms with van der Waals surface area (Å²) in [4.78, 5) is 64.3. The van der Waals surface area contributed by atoms with Crippen LogP contribution in [0, 0.1) is 0 Å². The third-order valence-electron chi connectivity index (χ3n) is 10.4. The van der Waals surface area contributed by atoms with Gasteiger partial charge in [0.15, 0.2) is 0 Å². The average Bonchev–Trinajstić information content (AvgIpc) is 3.23. The van der Waals surface area contributed by atoms with Crippen LogP contribution in [0.1, 0.15) is 32.1 Å². The van der Waals surface area contributed by atoms with Crippen LogP contribution in [0.15, 0.2) is 105 Å². The molecule has 4 N–H and O–H groups in total. The molecule has 0 radical (unpaired) electrons. The lowest BCUT2D eigenvalue weighted by atomic mass is 10.2. The van der Waals surface area contributed by atoms with Crippen molar-refractivity contribution in [3.63, 3.8) is 0 Å². The summed E-state index contributed by atoms with van der Waals surface area (Å²) in [7, 11) is 4.22. The van der Waals surface area contributed by atoms with Gasteiger partial charge in [-0.3, -0.25) is 19.2 Å². The highest BCUT2D eigenvalue weighted by molar-refractivity contribution is 7.99. The Bertz CT molecular complexity index is 2000. The number of hydrogen-bond donors (Lipinski definition) is 4. The van der Waals surface area contributed by atoms with E-state index in [9.17, 15) is 19.2 Å². The number of nitrogens with zero attached hydrogens (tertiary/aromatic N) is 4. The van der Waals surface area contributed by atoms with E-state index in [1.54, 1.807) is 24.3 Å². The van der Waals surface area contributed by atoms with E-state index in [4.69, 9.17) is 23.2 Å². The van der Waals surface area contributed by atoms with E-state index in [1.807, 2.05) is 60.7 Å². The van der Waals surface area contributed by atoms with Gasteiger partial charge in [-0.2, -0.15) is 0 Å². The molecule has 0 bridgehead atoms. The van der Waals surface area contributed by atoms with E-state index in [2.05, 4.69) is 55.0 Å². The molecule has 4 aromatic rings. The molecule has 0 saturated carbocycles. The zero-order valence-corrected chi connectivity index (χ0v) is 37.8. The molecule has 0 unspecified atom stereocenters. The van der Waals surface area contributed by atoms with Gasteiger partial charge >= 0.3 is 0 Å². The summed E-state index contributed by atoms with van der Waals surface area (Å²) in [5.41, 5.74) is 2.55. The number of amides is 4. The molecule has 6 rings (SSSR count). The highest BCUT2D eigenvalue weighted by Crippen LogP contribution is 2.38. The lowest BCUT2D eigenvalue weighted by Gasteiger charge is -2.32. The number of carbonyl (C=O) groups is 4. The maximum Gasteiger partial charge on any atom is 0.225 e. The fraction of sp³-hybridized carbons (Fsp3) is 0.378. The minimum Gasteiger partial charge on any atom is -0.326 e. The predicted molar refractivity (Wildman–Crippen MR) is 250 cm³/mol. The van der Waals surface area contributed by atoms with Crippen LogP contribution >= 0.6 is 46.7 Å². The zero-order valence-electron chi connectivity index (χ0n) is 34.7. The molecule has 61 heavy (non-hydrogen) atoms. The number of carbonyl (C=O) groups excluding carboxylic acids is 4. The molecule has 16 heteroatoms. The largest absolute Gasteiger partial charge is 0.326 e. The highest BCUT2D eigenvalue weighted by atomic mass is 35.5. The van der Waals surface area contributed by atoms with Gasteiger partial charge in [0.2, 0.25) is 23.6 Å². The second-order valence-corrected chi connectivity index (χ2v) is 18.5. The van der Waals surface area contributed by atoms with Crippen molar-refractivity contribution >= 4 is 93.1 Å². The van der Waals surface area contributed by atoms with E-state index < -0.39 is 0 Å². The minimum absolute atomic E-state index is 0.0661. The topological polar surface area (TPSA) is 129 Å². The fourth-order valence-electron chi connectivity index (χ4n) is 6.85. The van der Waals surface area contributed by atoms with Gasteiger partial charge in [-0.05, 0) is 93.3 Å². The third kappa shape index (κ3) is 15.6. The number of nitrogens with one attached hydrogen (secondary N) is 4. The Morgan fingerprint density at radius 2 is 0.902 bits per heavy atom. The number of likely N-dealkylation sites (N-methyl/N-ethyl adjacent to an activating group) is 2. The van der Waals surface area contributed by atoms with Crippen molar-refractivity contribution < 1.29 is 19.2 Å². The van der Waals surface area contributed by atoms with Crippen LogP contribution in [0.3, 0.4) is 0 Å². The molecule has 2 aliphatic heterocycles. The maximum absolute atomic E-state index is 12.9. The molecule has 2 aliphatic rings. The van der Waals surface area contributed by atoms with Crippen LogP contribution in [-0.4, -0.2) is 123 Å². The number of halogens is 2. The molecule has 0 spiro atoms. The van der Waals surface area contributed by atoms with Gasteiger partial charge in [0, 0.05) is 132 Å². The molecule has 324 valence electrons. The lowest BCUT2D eigenvalue weighted by Crippen LogP contribution is -2.45. The zero-order chi connectivity index (χ0) is 43.1. The SMILES string of the molecule is CN1CCN(CCC(=O)Nc2cc(Cl)ccc2Sc2cccc(NC(=O)CCCC(=O)Nc3cccc(Sc4ccc(Cl)cc4NC(=O)CCN4CCN(C)CC4)c3)c2)CC1. The number of piperazine rings is 2. The van der Waals surface area contributed by atoms with Crippen LogP contribution in [0.4, 0.5) is 22.7 Å². The summed E-state index contributed by atoms with van der Waals surface area (Å²) in [6.45, 7) is 9.23. The normalized spacial score (nSPS) is 15.3. The van der Waals surface area contributed by atoms with Crippen molar-refractivity contribution in [1.82, 2.24) is 19.6 Å². The highest BCUT2D eigenvalue weighted by Gasteiger charge is 2.18. The van der Waals surface area contributed by atoms with E-state index >= 15 is 0 Å². The standard InChI is InChI=1S/C45H54Cl2N8O4S2/c1-52-20-24-54(25-21-52)18-16-44(58)50-38-28-32(46)12-14-40(38)60-36-8-3-6-34(30-36)48-42(56)10-5-11-43(57)49-35-7-4-9-37(31-35)61-41-15-13-33(47)29-39(41)51-45(59)17-19-55-26-22-53(2)23-27-55/h3-4,6-9,12-15,28-31H,5,10-11,16-27H2,1-2H3,(H,48,56)(H,49,57)(H,50,58)(H,51,59). The van der Waals surface area contributed by atoms with Gasteiger partial charge in [0.1, 0.15) is 0 Å². The molecule has 2 heterocycles. The van der Waals surface area contributed by atoms with Gasteiger partial charge < -0.3 is 40.9 Å². The molecule has 2 saturated heterocycles. The summed E-state index contributed by atoms with van der Waals surface area (Å²) in [6.07, 6.45) is 1.49. The molecule has 0 atom stereocenters. The Balaban J connectivity index is 0.939. The minimum atomic E-state index is -0.196. The van der Waals surface area contributed by atoms with Crippen LogP contribution in [0.2, 0.25) is 10.0 Å². The smallest absolute Gasteiger partial charge is 0.225 e. The molecule has 12 nitrogen and oxygen atoms in total. The first kappa shape index (κ1) is 46.4. The molecule has 0 aromatic heterocycles. The average molecular weight is 906 g/mol. The fourth-order valence-corrected chi connectivity index (χ4v) is 9.08. The van der Waals surface area contributed by atoms with E-state index in [1.165, 1.54) is 23.5 Å².